The van der Waals surface area contributed by atoms with Crippen LogP contribution in [0.4, 0.5) is 4.79 Å². The summed E-state index contributed by atoms with van der Waals surface area (Å²) in [7, 11) is 0. The number of hydrogen-bond acceptors (Lipinski definition) is 4. The molecule has 0 saturated carbocycles. The lowest BCUT2D eigenvalue weighted by atomic mass is 10.00. The summed E-state index contributed by atoms with van der Waals surface area (Å²) in [5.74, 6) is -0.627. The first-order chi connectivity index (χ1) is 18.1. The Morgan fingerprint density at radius 3 is 2.46 bits per heavy atom. The minimum Gasteiger partial charge on any atom is -0.342 e. The van der Waals surface area contributed by atoms with E-state index in [1.807, 2.05) is 60.8 Å². The van der Waals surface area contributed by atoms with Crippen LogP contribution in [0.3, 0.4) is 0 Å². The van der Waals surface area contributed by atoms with Gasteiger partial charge in [0.15, 0.2) is 0 Å². The molecule has 184 valence electrons. The second-order valence-electron chi connectivity index (χ2n) is 9.32. The van der Waals surface area contributed by atoms with Crippen molar-refractivity contribution in [1.29, 1.82) is 0 Å². The van der Waals surface area contributed by atoms with Gasteiger partial charge in [-0.2, -0.15) is 0 Å². The van der Waals surface area contributed by atoms with Crippen LogP contribution in [-0.4, -0.2) is 44.5 Å². The smallest absolute Gasteiger partial charge is 0.294 e. The second kappa shape index (κ2) is 9.75. The Labute approximate surface area is 219 Å². The molecule has 3 heterocycles. The number of nitrogens with zero attached hydrogens (tertiary/aromatic N) is 3. The zero-order chi connectivity index (χ0) is 25.4. The zero-order valence-electron chi connectivity index (χ0n) is 20.2. The highest BCUT2D eigenvalue weighted by molar-refractivity contribution is 8.18. The van der Waals surface area contributed by atoms with Gasteiger partial charge >= 0.3 is 0 Å². The molecule has 2 aliphatic rings. The number of benzene rings is 3. The van der Waals surface area contributed by atoms with Gasteiger partial charge < -0.3 is 9.47 Å². The summed E-state index contributed by atoms with van der Waals surface area (Å²) in [5.41, 5.74) is 5.46. The normalized spacial score (nSPS) is 16.6. The van der Waals surface area contributed by atoms with Crippen molar-refractivity contribution >= 4 is 45.8 Å². The number of carbonyl (C=O) groups excluding carboxylic acids is 3. The van der Waals surface area contributed by atoms with Crippen molar-refractivity contribution in [1.82, 2.24) is 14.4 Å². The Morgan fingerprint density at radius 1 is 0.892 bits per heavy atom. The maximum absolute atomic E-state index is 13.2. The fourth-order valence-corrected chi connectivity index (χ4v) is 5.85. The molecule has 0 radical (unpaired) electrons. The van der Waals surface area contributed by atoms with Crippen LogP contribution in [0.15, 0.2) is 90.0 Å². The second-order valence-corrected chi connectivity index (χ2v) is 10.3. The Bertz CT molecular complexity index is 1560. The van der Waals surface area contributed by atoms with E-state index in [-0.39, 0.29) is 12.5 Å². The van der Waals surface area contributed by atoms with Gasteiger partial charge in [-0.15, -0.1) is 0 Å². The standard InChI is InChI=1S/C30H25N3O3S/c34-28(31-15-14-22-10-4-5-11-23(22)18-31)20-33-29(35)27(37-30(33)36)16-24-19-32(17-21-8-2-1-3-9-21)26-13-7-6-12-25(24)26/h1-13,16,19H,14-15,17-18,20H2/b27-16-. The van der Waals surface area contributed by atoms with Gasteiger partial charge in [0.05, 0.1) is 4.91 Å². The van der Waals surface area contributed by atoms with Crippen LogP contribution in [0.25, 0.3) is 17.0 Å². The van der Waals surface area contributed by atoms with Gasteiger partial charge in [0, 0.05) is 42.3 Å². The molecule has 6 nitrogen and oxygen atoms in total. The summed E-state index contributed by atoms with van der Waals surface area (Å²) in [6.07, 6.45) is 4.56. The summed E-state index contributed by atoms with van der Waals surface area (Å²) in [5, 5.41) is 0.600. The Hall–Kier alpha value is -4.10. The van der Waals surface area contributed by atoms with Crippen LogP contribution in [0.2, 0.25) is 0 Å². The predicted octanol–water partition coefficient (Wildman–Crippen LogP) is 5.31. The van der Waals surface area contributed by atoms with Crippen molar-refractivity contribution in [3.05, 3.63) is 112 Å². The summed E-state index contributed by atoms with van der Waals surface area (Å²) in [6, 6.07) is 26.3. The van der Waals surface area contributed by atoms with E-state index in [0.29, 0.717) is 24.5 Å². The van der Waals surface area contributed by atoms with Crippen LogP contribution in [0.5, 0.6) is 0 Å². The van der Waals surface area contributed by atoms with Crippen LogP contribution in [-0.2, 0) is 29.1 Å². The molecule has 0 bridgehead atoms. The van der Waals surface area contributed by atoms with Gasteiger partial charge in [-0.3, -0.25) is 19.3 Å². The monoisotopic (exact) mass is 507 g/mol. The Kier molecular flexibility index (Phi) is 6.14. The molecule has 0 unspecified atom stereocenters. The third kappa shape index (κ3) is 4.58. The van der Waals surface area contributed by atoms with Crippen molar-refractivity contribution in [3.63, 3.8) is 0 Å². The molecule has 1 saturated heterocycles. The molecule has 7 heteroatoms. The maximum Gasteiger partial charge on any atom is 0.294 e. The van der Waals surface area contributed by atoms with Gasteiger partial charge in [-0.1, -0.05) is 72.8 Å². The number of thioether (sulfide) groups is 1. The van der Waals surface area contributed by atoms with Gasteiger partial charge in [0.1, 0.15) is 6.54 Å². The predicted molar refractivity (Wildman–Crippen MR) is 146 cm³/mol. The lowest BCUT2D eigenvalue weighted by Gasteiger charge is -2.29. The molecular weight excluding hydrogens is 482 g/mol. The molecule has 6 rings (SSSR count). The van der Waals surface area contributed by atoms with E-state index in [1.165, 1.54) is 11.1 Å². The fraction of sp³-hybridized carbons (Fsp3) is 0.167. The van der Waals surface area contributed by atoms with E-state index >= 15 is 0 Å². The summed E-state index contributed by atoms with van der Waals surface area (Å²) < 4.78 is 2.15. The third-order valence-corrected chi connectivity index (χ3v) is 7.86. The van der Waals surface area contributed by atoms with E-state index < -0.39 is 11.1 Å². The fourth-order valence-electron chi connectivity index (χ4n) is 5.02. The molecule has 0 atom stereocenters. The summed E-state index contributed by atoms with van der Waals surface area (Å²) in [6.45, 7) is 1.55. The molecule has 3 amide bonds. The van der Waals surface area contributed by atoms with Crippen LogP contribution < -0.4 is 0 Å². The average molecular weight is 508 g/mol. The number of carbonyl (C=O) groups is 3. The zero-order valence-corrected chi connectivity index (χ0v) is 21.0. The van der Waals surface area contributed by atoms with Gasteiger partial charge in [0.2, 0.25) is 5.91 Å². The van der Waals surface area contributed by atoms with E-state index in [0.717, 1.165) is 45.1 Å². The quantitative estimate of drug-likeness (QED) is 0.344. The van der Waals surface area contributed by atoms with Crippen molar-refractivity contribution in [2.75, 3.05) is 13.1 Å². The number of hydrogen-bond donors (Lipinski definition) is 0. The minimum atomic E-state index is -0.416. The SMILES string of the molecule is O=C(CN1C(=O)S/C(=C\c2cn(Cc3ccccc3)c3ccccc23)C1=O)N1CCc2ccccc2C1. The number of amides is 3. The van der Waals surface area contributed by atoms with E-state index in [2.05, 4.69) is 28.8 Å². The molecule has 0 spiro atoms. The number of para-hydroxylation sites is 1. The summed E-state index contributed by atoms with van der Waals surface area (Å²) >= 11 is 0.894. The first kappa shape index (κ1) is 23.3. The minimum absolute atomic E-state index is 0.211. The largest absolute Gasteiger partial charge is 0.342 e. The van der Waals surface area contributed by atoms with Gasteiger partial charge in [0.25, 0.3) is 11.1 Å². The number of rotatable bonds is 5. The molecule has 2 aliphatic heterocycles. The van der Waals surface area contributed by atoms with Gasteiger partial charge in [-0.05, 0) is 47.0 Å². The maximum atomic E-state index is 13.2. The highest BCUT2D eigenvalue weighted by Gasteiger charge is 2.37. The van der Waals surface area contributed by atoms with Crippen molar-refractivity contribution < 1.29 is 14.4 Å². The molecule has 0 N–H and O–H groups in total. The van der Waals surface area contributed by atoms with E-state index in [9.17, 15) is 14.4 Å². The highest BCUT2D eigenvalue weighted by atomic mass is 32.2. The molecule has 4 aromatic rings. The number of imide groups is 1. The van der Waals surface area contributed by atoms with Crippen molar-refractivity contribution in [2.45, 2.75) is 19.5 Å². The van der Waals surface area contributed by atoms with Crippen molar-refractivity contribution in [2.24, 2.45) is 0 Å². The molecular formula is C30H25N3O3S. The van der Waals surface area contributed by atoms with Crippen LogP contribution in [0.1, 0.15) is 22.3 Å². The first-order valence-electron chi connectivity index (χ1n) is 12.3. The van der Waals surface area contributed by atoms with Crippen LogP contribution in [0, 0.1) is 0 Å². The van der Waals surface area contributed by atoms with Crippen LogP contribution >= 0.6 is 11.8 Å². The topological polar surface area (TPSA) is 62.6 Å². The summed E-state index contributed by atoms with van der Waals surface area (Å²) in [4.78, 5) is 42.1. The van der Waals surface area contributed by atoms with Crippen molar-refractivity contribution in [3.8, 4) is 0 Å². The first-order valence-corrected chi connectivity index (χ1v) is 13.1. The molecule has 37 heavy (non-hydrogen) atoms. The van der Waals surface area contributed by atoms with Gasteiger partial charge in [-0.25, -0.2) is 0 Å². The Balaban J connectivity index is 1.22. The molecule has 1 fully saturated rings. The highest BCUT2D eigenvalue weighted by Crippen LogP contribution is 2.34. The third-order valence-electron chi connectivity index (χ3n) is 6.95. The number of fused-ring (bicyclic) bond motifs is 2. The van der Waals surface area contributed by atoms with E-state index in [4.69, 9.17) is 0 Å². The lowest BCUT2D eigenvalue weighted by Crippen LogP contribution is -2.44. The number of aromatic nitrogens is 1. The molecule has 1 aromatic heterocycles. The molecule has 0 aliphatic carbocycles. The Morgan fingerprint density at radius 2 is 1.62 bits per heavy atom. The van der Waals surface area contributed by atoms with E-state index in [1.54, 1.807) is 11.0 Å². The molecule has 3 aromatic carbocycles. The lowest BCUT2D eigenvalue weighted by molar-refractivity contribution is -0.136. The average Bonchev–Trinajstić information content (AvgIpc) is 3.40.